The van der Waals surface area contributed by atoms with Crippen LogP contribution >= 0.6 is 0 Å². The van der Waals surface area contributed by atoms with Gasteiger partial charge in [-0.3, -0.25) is 14.5 Å². The van der Waals surface area contributed by atoms with Crippen molar-refractivity contribution in [1.82, 2.24) is 14.7 Å². The molecule has 4 aliphatic rings. The molecule has 162 valence electrons. The molecule has 0 saturated carbocycles. The molecule has 1 aromatic rings. The fraction of sp³-hybridized carbons (Fsp3) is 0.667. The maximum Gasteiger partial charge on any atom is 0.253 e. The first-order valence-corrected chi connectivity index (χ1v) is 11.6. The van der Waals surface area contributed by atoms with Gasteiger partial charge in [-0.05, 0) is 68.2 Å². The number of nitrogens with zero attached hydrogens (tertiary/aromatic N) is 3. The number of piperidine rings is 4. The predicted molar refractivity (Wildman–Crippen MR) is 114 cm³/mol. The number of carbonyl (C=O) groups is 2. The van der Waals surface area contributed by atoms with Gasteiger partial charge in [-0.15, -0.1) is 0 Å². The summed E-state index contributed by atoms with van der Waals surface area (Å²) >= 11 is 0. The summed E-state index contributed by atoms with van der Waals surface area (Å²) in [6.45, 7) is 4.86. The van der Waals surface area contributed by atoms with E-state index in [1.54, 1.807) is 7.11 Å². The number of carbonyl (C=O) groups excluding carboxylic acids is 2. The maximum atomic E-state index is 12.9. The average Bonchev–Trinajstić information content (AvgIpc) is 2.79. The highest BCUT2D eigenvalue weighted by Gasteiger charge is 2.45. The molecule has 0 spiro atoms. The van der Waals surface area contributed by atoms with Gasteiger partial charge in [0.15, 0.2) is 0 Å². The SMILES string of the molecule is COc1ccc(C(=O)N2CCC(N3C[C@H]4C[C@H](C3)[C@H]3CCCC(=O)N3C4)CC2)cc1. The van der Waals surface area contributed by atoms with Crippen molar-refractivity contribution in [2.24, 2.45) is 11.8 Å². The second-order valence-electron chi connectivity index (χ2n) is 9.57. The lowest BCUT2D eigenvalue weighted by molar-refractivity contribution is -0.145. The molecule has 6 heteroatoms. The Morgan fingerprint density at radius 2 is 1.80 bits per heavy atom. The van der Waals surface area contributed by atoms with Crippen LogP contribution in [0.25, 0.3) is 0 Å². The number of hydrogen-bond acceptors (Lipinski definition) is 4. The van der Waals surface area contributed by atoms with E-state index in [9.17, 15) is 9.59 Å². The molecule has 6 nitrogen and oxygen atoms in total. The summed E-state index contributed by atoms with van der Waals surface area (Å²) in [5, 5.41) is 0. The van der Waals surface area contributed by atoms with Crippen LogP contribution in [0.15, 0.2) is 24.3 Å². The summed E-state index contributed by atoms with van der Waals surface area (Å²) in [7, 11) is 1.64. The summed E-state index contributed by atoms with van der Waals surface area (Å²) in [6.07, 6.45) is 6.39. The van der Waals surface area contributed by atoms with E-state index in [0.29, 0.717) is 29.8 Å². The largest absolute Gasteiger partial charge is 0.497 e. The van der Waals surface area contributed by atoms with Crippen molar-refractivity contribution < 1.29 is 14.3 Å². The van der Waals surface area contributed by atoms with Crippen LogP contribution < -0.4 is 4.74 Å². The number of fused-ring (bicyclic) bond motifs is 4. The quantitative estimate of drug-likeness (QED) is 0.767. The van der Waals surface area contributed by atoms with Crippen LogP contribution in [-0.4, -0.2) is 78.4 Å². The third-order valence-electron chi connectivity index (χ3n) is 7.81. The minimum atomic E-state index is 0.128. The molecule has 2 amide bonds. The van der Waals surface area contributed by atoms with Crippen molar-refractivity contribution in [3.05, 3.63) is 29.8 Å². The van der Waals surface area contributed by atoms with E-state index in [4.69, 9.17) is 4.74 Å². The van der Waals surface area contributed by atoms with Crippen molar-refractivity contribution in [2.45, 2.75) is 50.6 Å². The lowest BCUT2D eigenvalue weighted by atomic mass is 9.75. The highest BCUT2D eigenvalue weighted by Crippen LogP contribution is 2.39. The second-order valence-corrected chi connectivity index (χ2v) is 9.57. The number of likely N-dealkylation sites (tertiary alicyclic amines) is 2. The Kier molecular flexibility index (Phi) is 5.44. The lowest BCUT2D eigenvalue weighted by Crippen LogP contribution is -2.62. The molecule has 4 fully saturated rings. The summed E-state index contributed by atoms with van der Waals surface area (Å²) in [5.74, 6) is 2.56. The molecule has 0 aliphatic carbocycles. The van der Waals surface area contributed by atoms with E-state index in [0.717, 1.165) is 69.7 Å². The zero-order valence-corrected chi connectivity index (χ0v) is 18.0. The fourth-order valence-electron chi connectivity index (χ4n) is 6.30. The first-order valence-electron chi connectivity index (χ1n) is 11.6. The van der Waals surface area contributed by atoms with Gasteiger partial charge in [0.2, 0.25) is 5.91 Å². The number of ether oxygens (including phenoxy) is 1. The van der Waals surface area contributed by atoms with E-state index in [1.807, 2.05) is 29.2 Å². The van der Waals surface area contributed by atoms with Gasteiger partial charge in [-0.2, -0.15) is 0 Å². The lowest BCUT2D eigenvalue weighted by Gasteiger charge is -2.54. The number of amides is 2. The second kappa shape index (κ2) is 8.22. The van der Waals surface area contributed by atoms with Gasteiger partial charge >= 0.3 is 0 Å². The van der Waals surface area contributed by atoms with Crippen LogP contribution in [0, 0.1) is 11.8 Å². The molecule has 4 aliphatic heterocycles. The van der Waals surface area contributed by atoms with Crippen LogP contribution in [0.2, 0.25) is 0 Å². The van der Waals surface area contributed by atoms with Crippen molar-refractivity contribution in [3.8, 4) is 5.75 Å². The Balaban J connectivity index is 1.18. The molecular weight excluding hydrogens is 378 g/mol. The normalized spacial score (nSPS) is 30.2. The van der Waals surface area contributed by atoms with Gasteiger partial charge in [-0.25, -0.2) is 0 Å². The fourth-order valence-corrected chi connectivity index (χ4v) is 6.30. The average molecular weight is 412 g/mol. The van der Waals surface area contributed by atoms with Gasteiger partial charge in [0, 0.05) is 56.8 Å². The Labute approximate surface area is 179 Å². The van der Waals surface area contributed by atoms with E-state index in [2.05, 4.69) is 9.80 Å². The van der Waals surface area contributed by atoms with E-state index in [-0.39, 0.29) is 5.91 Å². The van der Waals surface area contributed by atoms with Crippen molar-refractivity contribution in [1.29, 1.82) is 0 Å². The first kappa shape index (κ1) is 19.9. The van der Waals surface area contributed by atoms with E-state index < -0.39 is 0 Å². The molecular formula is C24H33N3O3. The highest BCUT2D eigenvalue weighted by atomic mass is 16.5. The Morgan fingerprint density at radius 1 is 1.03 bits per heavy atom. The topological polar surface area (TPSA) is 53.1 Å². The van der Waals surface area contributed by atoms with Gasteiger partial charge in [0.1, 0.15) is 5.75 Å². The molecule has 2 bridgehead atoms. The number of rotatable bonds is 3. The molecule has 0 aromatic heterocycles. The summed E-state index contributed by atoms with van der Waals surface area (Å²) in [4.78, 5) is 32.1. The minimum Gasteiger partial charge on any atom is -0.497 e. The maximum absolute atomic E-state index is 12.9. The summed E-state index contributed by atoms with van der Waals surface area (Å²) in [6, 6.07) is 8.47. The molecule has 3 atom stereocenters. The van der Waals surface area contributed by atoms with Crippen molar-refractivity contribution in [3.63, 3.8) is 0 Å². The van der Waals surface area contributed by atoms with Crippen molar-refractivity contribution in [2.75, 3.05) is 39.8 Å². The standard InChI is InChI=1S/C24H33N3O3/c1-30-21-7-5-18(6-8-21)24(29)25-11-9-20(10-12-25)26-14-17-13-19(16-26)22-3-2-4-23(28)27(22)15-17/h5-8,17,19-20,22H,2-4,9-16H2,1H3/t17-,19-,22-/m1/s1. The van der Waals surface area contributed by atoms with Gasteiger partial charge < -0.3 is 14.5 Å². The molecule has 4 heterocycles. The summed E-state index contributed by atoms with van der Waals surface area (Å²) in [5.41, 5.74) is 0.740. The monoisotopic (exact) mass is 411 g/mol. The van der Waals surface area contributed by atoms with E-state index in [1.165, 1.54) is 12.8 Å². The molecule has 0 N–H and O–H groups in total. The molecule has 1 aromatic carbocycles. The van der Waals surface area contributed by atoms with Crippen LogP contribution in [-0.2, 0) is 4.79 Å². The molecule has 0 radical (unpaired) electrons. The predicted octanol–water partition coefficient (Wildman–Crippen LogP) is 2.63. The smallest absolute Gasteiger partial charge is 0.253 e. The highest BCUT2D eigenvalue weighted by molar-refractivity contribution is 5.94. The van der Waals surface area contributed by atoms with Gasteiger partial charge in [0.25, 0.3) is 5.91 Å². The third kappa shape index (κ3) is 3.70. The van der Waals surface area contributed by atoms with Crippen LogP contribution in [0.3, 0.4) is 0 Å². The first-order chi connectivity index (χ1) is 14.6. The molecule has 5 rings (SSSR count). The molecule has 4 saturated heterocycles. The Hall–Kier alpha value is -2.08. The van der Waals surface area contributed by atoms with Gasteiger partial charge in [0.05, 0.1) is 7.11 Å². The van der Waals surface area contributed by atoms with E-state index >= 15 is 0 Å². The zero-order chi connectivity index (χ0) is 20.7. The van der Waals surface area contributed by atoms with Crippen molar-refractivity contribution >= 4 is 11.8 Å². The number of hydrogen-bond donors (Lipinski definition) is 0. The summed E-state index contributed by atoms with van der Waals surface area (Å²) < 4.78 is 5.19. The van der Waals surface area contributed by atoms with Crippen LogP contribution in [0.4, 0.5) is 0 Å². The Morgan fingerprint density at radius 3 is 2.53 bits per heavy atom. The molecule has 0 unspecified atom stereocenters. The molecule has 30 heavy (non-hydrogen) atoms. The van der Waals surface area contributed by atoms with Crippen LogP contribution in [0.5, 0.6) is 5.75 Å². The third-order valence-corrected chi connectivity index (χ3v) is 7.81. The Bertz CT molecular complexity index is 787. The van der Waals surface area contributed by atoms with Gasteiger partial charge in [-0.1, -0.05) is 0 Å². The van der Waals surface area contributed by atoms with Crippen LogP contribution in [0.1, 0.15) is 48.9 Å². The number of methoxy groups -OCH3 is 1. The zero-order valence-electron chi connectivity index (χ0n) is 18.0. The minimum absolute atomic E-state index is 0.128. The number of benzene rings is 1.